The molecule has 0 spiro atoms. The van der Waals surface area contributed by atoms with Gasteiger partial charge in [-0.1, -0.05) is 24.3 Å². The van der Waals surface area contributed by atoms with E-state index in [9.17, 15) is 0 Å². The predicted molar refractivity (Wildman–Crippen MR) is 73.4 cm³/mol. The lowest BCUT2D eigenvalue weighted by Crippen LogP contribution is -1.99. The van der Waals surface area contributed by atoms with E-state index in [0.717, 1.165) is 17.9 Å². The Kier molecular flexibility index (Phi) is 2.76. The maximum atomic E-state index is 4.57. The third-order valence-electron chi connectivity index (χ3n) is 2.62. The standard InChI is InChI=1S/C14H12N2S/c1-2-6-13-11(4-1)7-8-14(16-13)15-10-12-5-3-9-17-12/h1-9H,10H2,(H,15,16). The van der Waals surface area contributed by atoms with Crippen molar-refractivity contribution in [3.63, 3.8) is 0 Å². The molecule has 0 aliphatic rings. The zero-order chi connectivity index (χ0) is 11.5. The van der Waals surface area contributed by atoms with E-state index in [2.05, 4.69) is 39.9 Å². The smallest absolute Gasteiger partial charge is 0.126 e. The minimum absolute atomic E-state index is 0.836. The van der Waals surface area contributed by atoms with Crippen LogP contribution in [0, 0.1) is 0 Å². The van der Waals surface area contributed by atoms with Gasteiger partial charge in [-0.2, -0.15) is 0 Å². The van der Waals surface area contributed by atoms with Gasteiger partial charge in [-0.05, 0) is 29.6 Å². The summed E-state index contributed by atoms with van der Waals surface area (Å²) in [5.74, 6) is 0.928. The van der Waals surface area contributed by atoms with Crippen molar-refractivity contribution in [1.82, 2.24) is 4.98 Å². The highest BCUT2D eigenvalue weighted by Gasteiger charge is 1.98. The summed E-state index contributed by atoms with van der Waals surface area (Å²) in [6.45, 7) is 0.836. The van der Waals surface area contributed by atoms with E-state index in [4.69, 9.17) is 0 Å². The molecule has 17 heavy (non-hydrogen) atoms. The molecule has 2 heterocycles. The van der Waals surface area contributed by atoms with Gasteiger partial charge < -0.3 is 5.32 Å². The molecule has 1 N–H and O–H groups in total. The molecule has 1 aromatic carbocycles. The van der Waals surface area contributed by atoms with Crippen LogP contribution < -0.4 is 5.32 Å². The SMILES string of the molecule is c1csc(CNc2ccc3ccccc3n2)c1. The minimum atomic E-state index is 0.836. The number of benzene rings is 1. The topological polar surface area (TPSA) is 24.9 Å². The van der Waals surface area contributed by atoms with Crippen LogP contribution in [0.4, 0.5) is 5.82 Å². The van der Waals surface area contributed by atoms with Gasteiger partial charge in [-0.25, -0.2) is 4.98 Å². The van der Waals surface area contributed by atoms with Crippen molar-refractivity contribution >= 4 is 28.1 Å². The second kappa shape index (κ2) is 4.55. The summed E-state index contributed by atoms with van der Waals surface area (Å²) in [6.07, 6.45) is 0. The van der Waals surface area contributed by atoms with Gasteiger partial charge in [0.2, 0.25) is 0 Å². The summed E-state index contributed by atoms with van der Waals surface area (Å²) < 4.78 is 0. The highest BCUT2D eigenvalue weighted by molar-refractivity contribution is 7.09. The van der Waals surface area contributed by atoms with Gasteiger partial charge in [0.05, 0.1) is 12.1 Å². The fraction of sp³-hybridized carbons (Fsp3) is 0.0714. The third kappa shape index (κ3) is 2.29. The molecule has 0 radical (unpaired) electrons. The molecule has 0 aliphatic carbocycles. The zero-order valence-electron chi connectivity index (χ0n) is 9.26. The highest BCUT2D eigenvalue weighted by Crippen LogP contribution is 2.16. The molecule has 0 fully saturated rings. The highest BCUT2D eigenvalue weighted by atomic mass is 32.1. The number of rotatable bonds is 3. The van der Waals surface area contributed by atoms with Crippen LogP contribution in [0.5, 0.6) is 0 Å². The maximum absolute atomic E-state index is 4.57. The van der Waals surface area contributed by atoms with Crippen LogP contribution in [0.1, 0.15) is 4.88 Å². The summed E-state index contributed by atoms with van der Waals surface area (Å²) in [7, 11) is 0. The lowest BCUT2D eigenvalue weighted by Gasteiger charge is -2.05. The van der Waals surface area contributed by atoms with Crippen molar-refractivity contribution in [2.45, 2.75) is 6.54 Å². The van der Waals surface area contributed by atoms with Crippen LogP contribution in [0.2, 0.25) is 0 Å². The molecular formula is C14H12N2S. The van der Waals surface area contributed by atoms with Crippen LogP contribution in [-0.2, 0) is 6.54 Å². The number of para-hydroxylation sites is 1. The lowest BCUT2D eigenvalue weighted by molar-refractivity contribution is 1.16. The Morgan fingerprint density at radius 1 is 1.00 bits per heavy atom. The minimum Gasteiger partial charge on any atom is -0.365 e. The molecule has 2 nitrogen and oxygen atoms in total. The molecule has 0 saturated heterocycles. The number of pyridine rings is 1. The number of hydrogen-bond donors (Lipinski definition) is 1. The van der Waals surface area contributed by atoms with Gasteiger partial charge in [-0.3, -0.25) is 0 Å². The first-order chi connectivity index (χ1) is 8.42. The number of anilines is 1. The van der Waals surface area contributed by atoms with Crippen LogP contribution in [0.15, 0.2) is 53.9 Å². The van der Waals surface area contributed by atoms with E-state index in [1.807, 2.05) is 24.3 Å². The van der Waals surface area contributed by atoms with Crippen LogP contribution >= 0.6 is 11.3 Å². The quantitative estimate of drug-likeness (QED) is 0.750. The molecule has 3 aromatic rings. The van der Waals surface area contributed by atoms with Gasteiger partial charge in [0, 0.05) is 10.3 Å². The molecule has 0 aliphatic heterocycles. The molecule has 0 saturated carbocycles. The average molecular weight is 240 g/mol. The zero-order valence-corrected chi connectivity index (χ0v) is 10.1. The first-order valence-corrected chi connectivity index (χ1v) is 6.42. The van der Waals surface area contributed by atoms with Crippen molar-refractivity contribution in [3.05, 3.63) is 58.8 Å². The molecule has 0 unspecified atom stereocenters. The van der Waals surface area contributed by atoms with E-state index in [1.54, 1.807) is 11.3 Å². The van der Waals surface area contributed by atoms with Crippen molar-refractivity contribution in [2.75, 3.05) is 5.32 Å². The molecule has 3 rings (SSSR count). The molecule has 84 valence electrons. The Morgan fingerprint density at radius 2 is 1.94 bits per heavy atom. The van der Waals surface area contributed by atoms with Crippen molar-refractivity contribution in [3.8, 4) is 0 Å². The van der Waals surface area contributed by atoms with Crippen LogP contribution in [-0.4, -0.2) is 4.98 Å². The van der Waals surface area contributed by atoms with Gasteiger partial charge in [0.15, 0.2) is 0 Å². The van der Waals surface area contributed by atoms with E-state index in [0.29, 0.717) is 0 Å². The monoisotopic (exact) mass is 240 g/mol. The normalized spacial score (nSPS) is 10.6. The summed E-state index contributed by atoms with van der Waals surface area (Å²) in [4.78, 5) is 5.89. The number of hydrogen-bond acceptors (Lipinski definition) is 3. The molecule has 0 atom stereocenters. The van der Waals surface area contributed by atoms with Crippen molar-refractivity contribution < 1.29 is 0 Å². The van der Waals surface area contributed by atoms with Crippen molar-refractivity contribution in [1.29, 1.82) is 0 Å². The second-order valence-corrected chi connectivity index (χ2v) is 4.85. The Labute approximate surface area is 104 Å². The van der Waals surface area contributed by atoms with Crippen LogP contribution in [0.25, 0.3) is 10.9 Å². The fourth-order valence-electron chi connectivity index (χ4n) is 1.76. The Balaban J connectivity index is 1.81. The van der Waals surface area contributed by atoms with Crippen LogP contribution in [0.3, 0.4) is 0 Å². The predicted octanol–water partition coefficient (Wildman–Crippen LogP) is 3.91. The first kappa shape index (κ1) is 10.3. The van der Waals surface area contributed by atoms with E-state index in [-0.39, 0.29) is 0 Å². The molecular weight excluding hydrogens is 228 g/mol. The third-order valence-corrected chi connectivity index (χ3v) is 3.50. The summed E-state index contributed by atoms with van der Waals surface area (Å²) in [5, 5.41) is 6.60. The molecule has 0 bridgehead atoms. The fourth-order valence-corrected chi connectivity index (χ4v) is 2.40. The van der Waals surface area contributed by atoms with E-state index < -0.39 is 0 Å². The van der Waals surface area contributed by atoms with Gasteiger partial charge in [0.25, 0.3) is 0 Å². The Bertz CT molecular complexity index is 617. The summed E-state index contributed by atoms with van der Waals surface area (Å²) in [6, 6.07) is 16.5. The van der Waals surface area contributed by atoms with E-state index in [1.165, 1.54) is 10.3 Å². The van der Waals surface area contributed by atoms with Gasteiger partial charge in [0.1, 0.15) is 5.82 Å². The number of nitrogens with zero attached hydrogens (tertiary/aromatic N) is 1. The van der Waals surface area contributed by atoms with Crippen molar-refractivity contribution in [2.24, 2.45) is 0 Å². The molecule has 3 heteroatoms. The average Bonchev–Trinajstić information content (AvgIpc) is 2.89. The first-order valence-electron chi connectivity index (χ1n) is 5.54. The number of fused-ring (bicyclic) bond motifs is 1. The second-order valence-electron chi connectivity index (χ2n) is 3.82. The Hall–Kier alpha value is -1.87. The lowest BCUT2D eigenvalue weighted by atomic mass is 10.2. The number of thiophene rings is 1. The summed E-state index contributed by atoms with van der Waals surface area (Å²) in [5.41, 5.74) is 1.03. The van der Waals surface area contributed by atoms with Gasteiger partial charge >= 0.3 is 0 Å². The number of aromatic nitrogens is 1. The maximum Gasteiger partial charge on any atom is 0.126 e. The van der Waals surface area contributed by atoms with E-state index >= 15 is 0 Å². The summed E-state index contributed by atoms with van der Waals surface area (Å²) >= 11 is 1.76. The largest absolute Gasteiger partial charge is 0.365 e. The van der Waals surface area contributed by atoms with Gasteiger partial charge in [-0.15, -0.1) is 11.3 Å². The Morgan fingerprint density at radius 3 is 2.82 bits per heavy atom. The molecule has 0 amide bonds. The number of nitrogens with one attached hydrogen (secondary N) is 1. The molecule has 2 aromatic heterocycles.